The molecule has 1 heterocycles. The molecule has 0 saturated carbocycles. The van der Waals surface area contributed by atoms with E-state index in [1.807, 2.05) is 30.3 Å². The van der Waals surface area contributed by atoms with E-state index < -0.39 is 24.4 Å². The molecule has 2 N–H and O–H groups in total. The van der Waals surface area contributed by atoms with Gasteiger partial charge in [-0.15, -0.1) is 0 Å². The van der Waals surface area contributed by atoms with E-state index in [0.717, 1.165) is 10.5 Å². The lowest BCUT2D eigenvalue weighted by Crippen LogP contribution is -2.44. The highest BCUT2D eigenvalue weighted by Gasteiger charge is 2.27. The molecule has 6 nitrogen and oxygen atoms in total. The number of carboxylic acid groups (broad SMARTS) is 1. The zero-order valence-corrected chi connectivity index (χ0v) is 12.1. The molecule has 1 fully saturated rings. The Balaban J connectivity index is 1.83. The number of halogens is 1. The van der Waals surface area contributed by atoms with Crippen molar-refractivity contribution in [3.8, 4) is 0 Å². The van der Waals surface area contributed by atoms with E-state index in [1.54, 1.807) is 0 Å². The standard InChI is InChI=1S/C15H19FN2O4/c16-12-6-7-13(9-18(8-12)15(20)21)17-14(19)22-10-11-4-2-1-3-5-11/h1-5,12-13H,6-10H2,(H,17,19)(H,20,21)/t12-,13+/m1/s1. The summed E-state index contributed by atoms with van der Waals surface area (Å²) in [5, 5.41) is 11.6. The van der Waals surface area contributed by atoms with Crippen molar-refractivity contribution in [1.29, 1.82) is 0 Å². The highest BCUT2D eigenvalue weighted by Crippen LogP contribution is 2.14. The van der Waals surface area contributed by atoms with E-state index in [4.69, 9.17) is 9.84 Å². The second-order valence-corrected chi connectivity index (χ2v) is 5.27. The van der Waals surface area contributed by atoms with Crippen molar-refractivity contribution in [2.75, 3.05) is 13.1 Å². The van der Waals surface area contributed by atoms with E-state index in [0.29, 0.717) is 6.42 Å². The third-order valence-corrected chi connectivity index (χ3v) is 3.49. The minimum atomic E-state index is -1.21. The molecule has 22 heavy (non-hydrogen) atoms. The van der Waals surface area contributed by atoms with Crippen LogP contribution in [-0.4, -0.2) is 47.5 Å². The van der Waals surface area contributed by atoms with Gasteiger partial charge in [0.05, 0.1) is 12.6 Å². The SMILES string of the molecule is O=C(N[C@H]1CC[C@@H](F)CN(C(=O)O)C1)OCc1ccccc1. The third-order valence-electron chi connectivity index (χ3n) is 3.49. The first kappa shape index (κ1) is 16.1. The summed E-state index contributed by atoms with van der Waals surface area (Å²) in [4.78, 5) is 23.8. The molecule has 0 aliphatic carbocycles. The van der Waals surface area contributed by atoms with Gasteiger partial charge in [-0.1, -0.05) is 30.3 Å². The summed E-state index contributed by atoms with van der Waals surface area (Å²) in [6.45, 7) is 0.0382. The minimum Gasteiger partial charge on any atom is -0.465 e. The molecule has 2 amide bonds. The van der Waals surface area contributed by atoms with E-state index in [2.05, 4.69) is 5.32 Å². The topological polar surface area (TPSA) is 78.9 Å². The summed E-state index contributed by atoms with van der Waals surface area (Å²) >= 11 is 0. The molecule has 7 heteroatoms. The molecular weight excluding hydrogens is 291 g/mol. The van der Waals surface area contributed by atoms with Gasteiger partial charge in [0.15, 0.2) is 0 Å². The monoisotopic (exact) mass is 310 g/mol. The average molecular weight is 310 g/mol. The molecule has 0 bridgehead atoms. The van der Waals surface area contributed by atoms with E-state index in [1.165, 1.54) is 0 Å². The number of ether oxygens (including phenoxy) is 1. The Labute approximate surface area is 127 Å². The molecule has 0 spiro atoms. The maximum Gasteiger partial charge on any atom is 0.407 e. The lowest BCUT2D eigenvalue weighted by Gasteiger charge is -2.22. The summed E-state index contributed by atoms with van der Waals surface area (Å²) in [6, 6.07) is 8.77. The molecule has 120 valence electrons. The Hall–Kier alpha value is -2.31. The van der Waals surface area contributed by atoms with Crippen LogP contribution in [0.15, 0.2) is 30.3 Å². The number of benzene rings is 1. The van der Waals surface area contributed by atoms with Crippen LogP contribution in [0.4, 0.5) is 14.0 Å². The number of rotatable bonds is 3. The van der Waals surface area contributed by atoms with Crippen molar-refractivity contribution in [3.05, 3.63) is 35.9 Å². The lowest BCUT2D eigenvalue weighted by molar-refractivity contribution is 0.122. The number of alkyl halides is 1. The van der Waals surface area contributed by atoms with Crippen LogP contribution >= 0.6 is 0 Å². The minimum absolute atomic E-state index is 0.0657. The summed E-state index contributed by atoms with van der Waals surface area (Å²) in [5.74, 6) is 0. The summed E-state index contributed by atoms with van der Waals surface area (Å²) in [6.07, 6.45) is -2.42. The molecule has 1 aliphatic heterocycles. The first-order valence-electron chi connectivity index (χ1n) is 7.13. The van der Waals surface area contributed by atoms with Crippen LogP contribution in [0, 0.1) is 0 Å². The van der Waals surface area contributed by atoms with Crippen LogP contribution in [0.5, 0.6) is 0 Å². The number of carbonyl (C=O) groups excluding carboxylic acids is 1. The van der Waals surface area contributed by atoms with Gasteiger partial charge in [-0.25, -0.2) is 14.0 Å². The molecule has 0 unspecified atom stereocenters. The fourth-order valence-electron chi connectivity index (χ4n) is 2.35. The number of alkyl carbamates (subject to hydrolysis) is 1. The highest BCUT2D eigenvalue weighted by molar-refractivity contribution is 5.68. The predicted molar refractivity (Wildman–Crippen MR) is 77.3 cm³/mol. The molecule has 1 aliphatic rings. The van der Waals surface area contributed by atoms with Gasteiger partial charge in [0.1, 0.15) is 12.8 Å². The van der Waals surface area contributed by atoms with E-state index >= 15 is 0 Å². The Morgan fingerprint density at radius 2 is 2.00 bits per heavy atom. The van der Waals surface area contributed by atoms with Crippen molar-refractivity contribution in [2.45, 2.75) is 31.7 Å². The average Bonchev–Trinajstić information content (AvgIpc) is 2.68. The molecular formula is C15H19FN2O4. The molecule has 0 aromatic heterocycles. The third kappa shape index (κ3) is 4.91. The number of carbonyl (C=O) groups is 2. The highest BCUT2D eigenvalue weighted by atomic mass is 19.1. The first-order chi connectivity index (χ1) is 10.5. The van der Waals surface area contributed by atoms with Crippen LogP contribution in [0.3, 0.4) is 0 Å². The smallest absolute Gasteiger partial charge is 0.407 e. The van der Waals surface area contributed by atoms with Gasteiger partial charge >= 0.3 is 12.2 Å². The number of hydrogen-bond donors (Lipinski definition) is 2. The molecule has 1 aromatic carbocycles. The van der Waals surface area contributed by atoms with Gasteiger partial charge in [-0.3, -0.25) is 0 Å². The number of likely N-dealkylation sites (tertiary alicyclic amines) is 1. The van der Waals surface area contributed by atoms with Crippen LogP contribution in [0.2, 0.25) is 0 Å². The van der Waals surface area contributed by atoms with Gasteiger partial charge in [0.2, 0.25) is 0 Å². The normalized spacial score (nSPS) is 21.8. The molecule has 1 saturated heterocycles. The zero-order chi connectivity index (χ0) is 15.9. The van der Waals surface area contributed by atoms with Crippen molar-refractivity contribution < 1.29 is 23.8 Å². The summed E-state index contributed by atoms with van der Waals surface area (Å²) < 4.78 is 18.6. The van der Waals surface area contributed by atoms with E-state index in [-0.39, 0.29) is 26.1 Å². The molecule has 0 radical (unpaired) electrons. The number of amides is 2. The molecule has 2 rings (SSSR count). The second-order valence-electron chi connectivity index (χ2n) is 5.27. The fourth-order valence-corrected chi connectivity index (χ4v) is 2.35. The second kappa shape index (κ2) is 7.63. The van der Waals surface area contributed by atoms with Crippen LogP contribution in [0.1, 0.15) is 18.4 Å². The quantitative estimate of drug-likeness (QED) is 0.898. The van der Waals surface area contributed by atoms with Crippen molar-refractivity contribution in [3.63, 3.8) is 0 Å². The van der Waals surface area contributed by atoms with Crippen LogP contribution in [-0.2, 0) is 11.3 Å². The Morgan fingerprint density at radius 3 is 2.68 bits per heavy atom. The number of nitrogens with one attached hydrogen (secondary N) is 1. The van der Waals surface area contributed by atoms with Crippen molar-refractivity contribution in [1.82, 2.24) is 10.2 Å². The molecule has 1 aromatic rings. The maximum absolute atomic E-state index is 13.5. The Bertz CT molecular complexity index is 512. The van der Waals surface area contributed by atoms with Gasteiger partial charge in [-0.05, 0) is 18.4 Å². The lowest BCUT2D eigenvalue weighted by atomic mass is 10.1. The van der Waals surface area contributed by atoms with Gasteiger partial charge in [0.25, 0.3) is 0 Å². The number of hydrogen-bond acceptors (Lipinski definition) is 3. The van der Waals surface area contributed by atoms with Crippen LogP contribution < -0.4 is 5.32 Å². The first-order valence-corrected chi connectivity index (χ1v) is 7.13. The summed E-state index contributed by atoms with van der Waals surface area (Å²) in [7, 11) is 0. The Kier molecular flexibility index (Phi) is 5.57. The largest absolute Gasteiger partial charge is 0.465 e. The number of nitrogens with zero attached hydrogens (tertiary/aromatic N) is 1. The van der Waals surface area contributed by atoms with Crippen molar-refractivity contribution in [2.24, 2.45) is 0 Å². The predicted octanol–water partition coefficient (Wildman–Crippen LogP) is 2.39. The van der Waals surface area contributed by atoms with Gasteiger partial charge < -0.3 is 20.1 Å². The van der Waals surface area contributed by atoms with E-state index in [9.17, 15) is 14.0 Å². The van der Waals surface area contributed by atoms with Gasteiger partial charge in [0, 0.05) is 6.54 Å². The van der Waals surface area contributed by atoms with Gasteiger partial charge in [-0.2, -0.15) is 0 Å². The molecule has 2 atom stereocenters. The Morgan fingerprint density at radius 1 is 1.27 bits per heavy atom. The van der Waals surface area contributed by atoms with Crippen molar-refractivity contribution >= 4 is 12.2 Å². The maximum atomic E-state index is 13.5. The summed E-state index contributed by atoms with van der Waals surface area (Å²) in [5.41, 5.74) is 0.856. The fraction of sp³-hybridized carbons (Fsp3) is 0.467. The van der Waals surface area contributed by atoms with Crippen LogP contribution in [0.25, 0.3) is 0 Å². The zero-order valence-electron chi connectivity index (χ0n) is 12.1.